The zero-order valence-corrected chi connectivity index (χ0v) is 14.4. The van der Waals surface area contributed by atoms with Crippen molar-refractivity contribution >= 4 is 29.1 Å². The molecule has 2 heterocycles. The molecule has 4 nitrogen and oxygen atoms in total. The largest absolute Gasteiger partial charge is 0.451 e. The van der Waals surface area contributed by atoms with Crippen LogP contribution in [0.5, 0.6) is 0 Å². The first-order valence-corrected chi connectivity index (χ1v) is 8.41. The van der Waals surface area contributed by atoms with E-state index in [1.54, 1.807) is 30.3 Å². The molecular formula is C17H18Cl2N2O2. The first kappa shape index (κ1) is 16.4. The Balaban J connectivity index is 1.77. The van der Waals surface area contributed by atoms with Crippen LogP contribution in [0.2, 0.25) is 10.0 Å². The molecule has 0 N–H and O–H groups in total. The van der Waals surface area contributed by atoms with Gasteiger partial charge >= 0.3 is 0 Å². The zero-order valence-electron chi connectivity index (χ0n) is 12.9. The number of carbonyl (C=O) groups is 1. The fourth-order valence-electron chi connectivity index (χ4n) is 2.71. The summed E-state index contributed by atoms with van der Waals surface area (Å²) in [7, 11) is 0. The molecule has 122 valence electrons. The highest BCUT2D eigenvalue weighted by Gasteiger charge is 2.24. The van der Waals surface area contributed by atoms with Crippen molar-refractivity contribution < 1.29 is 9.21 Å². The number of carbonyl (C=O) groups excluding carboxylic acids is 1. The molecule has 0 saturated carbocycles. The Labute approximate surface area is 145 Å². The Kier molecular flexibility index (Phi) is 4.95. The number of nitrogens with zero attached hydrogens (tertiary/aromatic N) is 2. The number of likely N-dealkylation sites (N-methyl/N-ethyl adjacent to an activating group) is 1. The minimum atomic E-state index is -0.0786. The zero-order chi connectivity index (χ0) is 16.4. The second-order valence-corrected chi connectivity index (χ2v) is 6.36. The van der Waals surface area contributed by atoms with Crippen LogP contribution in [0.25, 0.3) is 11.3 Å². The van der Waals surface area contributed by atoms with Gasteiger partial charge in [0.15, 0.2) is 5.76 Å². The summed E-state index contributed by atoms with van der Waals surface area (Å²) in [5, 5.41) is 1.11. The van der Waals surface area contributed by atoms with Gasteiger partial charge in [-0.15, -0.1) is 0 Å². The molecule has 2 aromatic rings. The molecule has 0 atom stereocenters. The van der Waals surface area contributed by atoms with Crippen molar-refractivity contribution in [2.45, 2.75) is 6.92 Å². The summed E-state index contributed by atoms with van der Waals surface area (Å²) in [5.74, 6) is 0.805. The number of hydrogen-bond donors (Lipinski definition) is 0. The normalized spacial score (nSPS) is 15.9. The smallest absolute Gasteiger partial charge is 0.289 e. The van der Waals surface area contributed by atoms with Crippen LogP contribution in [0.3, 0.4) is 0 Å². The van der Waals surface area contributed by atoms with Crippen molar-refractivity contribution in [2.75, 3.05) is 32.7 Å². The minimum absolute atomic E-state index is 0.0786. The third kappa shape index (κ3) is 3.55. The molecule has 0 bridgehead atoms. The first-order valence-electron chi connectivity index (χ1n) is 7.65. The summed E-state index contributed by atoms with van der Waals surface area (Å²) in [6.07, 6.45) is 0. The predicted molar refractivity (Wildman–Crippen MR) is 92.2 cm³/mol. The molecule has 3 rings (SSSR count). The van der Waals surface area contributed by atoms with E-state index >= 15 is 0 Å². The van der Waals surface area contributed by atoms with Crippen LogP contribution in [0.1, 0.15) is 17.5 Å². The highest BCUT2D eigenvalue weighted by atomic mass is 35.5. The van der Waals surface area contributed by atoms with E-state index < -0.39 is 0 Å². The van der Waals surface area contributed by atoms with Gasteiger partial charge in [0.05, 0.1) is 5.02 Å². The molecule has 1 aromatic carbocycles. The molecular weight excluding hydrogens is 335 g/mol. The van der Waals surface area contributed by atoms with Gasteiger partial charge < -0.3 is 14.2 Å². The van der Waals surface area contributed by atoms with Crippen LogP contribution in [0.4, 0.5) is 0 Å². The van der Waals surface area contributed by atoms with Crippen molar-refractivity contribution in [3.63, 3.8) is 0 Å². The monoisotopic (exact) mass is 352 g/mol. The Morgan fingerprint density at radius 2 is 1.87 bits per heavy atom. The lowest BCUT2D eigenvalue weighted by Crippen LogP contribution is -2.48. The molecule has 1 fully saturated rings. The maximum absolute atomic E-state index is 12.5. The second kappa shape index (κ2) is 6.95. The van der Waals surface area contributed by atoms with E-state index in [9.17, 15) is 4.79 Å². The standard InChI is InChI=1S/C17H18Cl2N2O2/c1-2-20-7-9-21(10-8-20)17(22)16-6-5-15(23-16)13-11-12(18)3-4-14(13)19/h3-6,11H,2,7-10H2,1H3. The lowest BCUT2D eigenvalue weighted by atomic mass is 10.2. The summed E-state index contributed by atoms with van der Waals surface area (Å²) < 4.78 is 5.73. The van der Waals surface area contributed by atoms with Crippen molar-refractivity contribution in [3.8, 4) is 11.3 Å². The molecule has 1 saturated heterocycles. The third-order valence-electron chi connectivity index (χ3n) is 4.12. The van der Waals surface area contributed by atoms with Gasteiger partial charge in [0.25, 0.3) is 5.91 Å². The predicted octanol–water partition coefficient (Wildman–Crippen LogP) is 4.03. The number of furan rings is 1. The van der Waals surface area contributed by atoms with Crippen LogP contribution in [-0.2, 0) is 0 Å². The molecule has 6 heteroatoms. The maximum atomic E-state index is 12.5. The number of hydrogen-bond acceptors (Lipinski definition) is 3. The summed E-state index contributed by atoms with van der Waals surface area (Å²) in [4.78, 5) is 16.7. The first-order chi connectivity index (χ1) is 11.1. The van der Waals surface area contributed by atoms with Gasteiger partial charge in [0, 0.05) is 36.8 Å². The number of amides is 1. The van der Waals surface area contributed by atoms with Crippen molar-refractivity contribution in [1.82, 2.24) is 9.80 Å². The van der Waals surface area contributed by atoms with Gasteiger partial charge in [-0.3, -0.25) is 4.79 Å². The summed E-state index contributed by atoms with van der Waals surface area (Å²) >= 11 is 12.2. The molecule has 0 spiro atoms. The number of piperazine rings is 1. The molecule has 0 radical (unpaired) electrons. The number of rotatable bonds is 3. The van der Waals surface area contributed by atoms with Gasteiger partial charge in [-0.25, -0.2) is 0 Å². The summed E-state index contributed by atoms with van der Waals surface area (Å²) in [5.41, 5.74) is 0.689. The molecule has 0 unspecified atom stereocenters. The van der Waals surface area contributed by atoms with Crippen LogP contribution < -0.4 is 0 Å². The molecule has 1 amide bonds. The van der Waals surface area contributed by atoms with Crippen LogP contribution in [0.15, 0.2) is 34.7 Å². The SMILES string of the molecule is CCN1CCN(C(=O)c2ccc(-c3cc(Cl)ccc3Cl)o2)CC1. The van der Waals surface area contributed by atoms with Crippen LogP contribution >= 0.6 is 23.2 Å². The lowest BCUT2D eigenvalue weighted by Gasteiger charge is -2.33. The third-order valence-corrected chi connectivity index (χ3v) is 4.68. The minimum Gasteiger partial charge on any atom is -0.451 e. The average Bonchev–Trinajstić information content (AvgIpc) is 3.06. The highest BCUT2D eigenvalue weighted by Crippen LogP contribution is 2.32. The van der Waals surface area contributed by atoms with E-state index in [2.05, 4.69) is 11.8 Å². The Morgan fingerprint density at radius 3 is 2.57 bits per heavy atom. The Hall–Kier alpha value is -1.49. The topological polar surface area (TPSA) is 36.7 Å². The second-order valence-electron chi connectivity index (χ2n) is 5.51. The van der Waals surface area contributed by atoms with Crippen LogP contribution in [0, 0.1) is 0 Å². The van der Waals surface area contributed by atoms with Gasteiger partial charge in [-0.1, -0.05) is 30.1 Å². The van der Waals surface area contributed by atoms with E-state index in [1.807, 2.05) is 4.90 Å². The highest BCUT2D eigenvalue weighted by molar-refractivity contribution is 6.35. The summed E-state index contributed by atoms with van der Waals surface area (Å²) in [6, 6.07) is 8.62. The fourth-order valence-corrected chi connectivity index (χ4v) is 3.09. The van der Waals surface area contributed by atoms with Crippen molar-refractivity contribution in [2.24, 2.45) is 0 Å². The van der Waals surface area contributed by atoms with Gasteiger partial charge in [-0.05, 0) is 36.9 Å². The van der Waals surface area contributed by atoms with E-state index in [0.29, 0.717) is 27.1 Å². The van der Waals surface area contributed by atoms with Gasteiger partial charge in [0.1, 0.15) is 5.76 Å². The lowest BCUT2D eigenvalue weighted by molar-refractivity contribution is 0.0613. The average molecular weight is 353 g/mol. The van der Waals surface area contributed by atoms with E-state index in [1.165, 1.54) is 0 Å². The Morgan fingerprint density at radius 1 is 1.13 bits per heavy atom. The molecule has 1 aliphatic rings. The molecule has 23 heavy (non-hydrogen) atoms. The molecule has 0 aliphatic carbocycles. The van der Waals surface area contributed by atoms with E-state index in [4.69, 9.17) is 27.6 Å². The van der Waals surface area contributed by atoms with Crippen molar-refractivity contribution in [3.05, 3.63) is 46.1 Å². The number of benzene rings is 1. The Bertz CT molecular complexity index is 706. The molecule has 1 aliphatic heterocycles. The van der Waals surface area contributed by atoms with Crippen LogP contribution in [-0.4, -0.2) is 48.4 Å². The number of halogens is 2. The quantitative estimate of drug-likeness (QED) is 0.836. The van der Waals surface area contributed by atoms with Gasteiger partial charge in [0.2, 0.25) is 0 Å². The molecule has 1 aromatic heterocycles. The summed E-state index contributed by atoms with van der Waals surface area (Å²) in [6.45, 7) is 6.39. The van der Waals surface area contributed by atoms with E-state index in [0.717, 1.165) is 32.7 Å². The van der Waals surface area contributed by atoms with Crippen molar-refractivity contribution in [1.29, 1.82) is 0 Å². The fraction of sp³-hybridized carbons (Fsp3) is 0.353. The van der Waals surface area contributed by atoms with Gasteiger partial charge in [-0.2, -0.15) is 0 Å². The van der Waals surface area contributed by atoms with E-state index in [-0.39, 0.29) is 5.91 Å². The maximum Gasteiger partial charge on any atom is 0.289 e.